The highest BCUT2D eigenvalue weighted by Gasteiger charge is 2.27. The molecule has 0 unspecified atom stereocenters. The number of carbonyl (C=O) groups excluding carboxylic acids is 2. The highest BCUT2D eigenvalue weighted by molar-refractivity contribution is 9.10. The zero-order chi connectivity index (χ0) is 18.8. The number of nitrogens with one attached hydrogen (secondary N) is 1. The van der Waals surface area contributed by atoms with Crippen LogP contribution in [-0.2, 0) is 9.59 Å². The summed E-state index contributed by atoms with van der Waals surface area (Å²) in [5.74, 6) is -0.304. The van der Waals surface area contributed by atoms with Gasteiger partial charge in [-0.3, -0.25) is 24.6 Å². The normalized spacial score (nSPS) is 13.0. The fourth-order valence-electron chi connectivity index (χ4n) is 2.54. The Kier molecular flexibility index (Phi) is 4.90. The van der Waals surface area contributed by atoms with E-state index in [0.717, 1.165) is 4.47 Å². The van der Waals surface area contributed by atoms with Crippen LogP contribution in [0.25, 0.3) is 0 Å². The van der Waals surface area contributed by atoms with Crippen LogP contribution in [0.4, 0.5) is 17.1 Å². The van der Waals surface area contributed by atoms with E-state index >= 15 is 0 Å². The molecule has 1 aliphatic heterocycles. The van der Waals surface area contributed by atoms with Crippen LogP contribution in [0.3, 0.4) is 0 Å². The number of ether oxygens (including phenoxy) is 1. The summed E-state index contributed by atoms with van der Waals surface area (Å²) in [7, 11) is 0. The van der Waals surface area contributed by atoms with Crippen molar-refractivity contribution in [3.05, 3.63) is 56.5 Å². The lowest BCUT2D eigenvalue weighted by atomic mass is 10.1. The standard InChI is InChI=1S/C17H14BrN3O5/c1-10-2-4-12(21(24)25)7-13(10)19-16(22)8-20-14-5-3-11(18)6-15(14)26-9-17(20)23/h2-7H,8-9H2,1H3,(H,19,22). The summed E-state index contributed by atoms with van der Waals surface area (Å²) in [5.41, 5.74) is 1.39. The van der Waals surface area contributed by atoms with Gasteiger partial charge in [0.15, 0.2) is 6.61 Å². The van der Waals surface area contributed by atoms with Gasteiger partial charge in [-0.15, -0.1) is 0 Å². The highest BCUT2D eigenvalue weighted by atomic mass is 79.9. The molecule has 0 aromatic heterocycles. The first-order chi connectivity index (χ1) is 12.3. The third-order valence-electron chi connectivity index (χ3n) is 3.87. The van der Waals surface area contributed by atoms with Crippen molar-refractivity contribution in [2.24, 2.45) is 0 Å². The number of halogens is 1. The smallest absolute Gasteiger partial charge is 0.271 e. The second-order valence-electron chi connectivity index (χ2n) is 5.69. The number of nitro benzene ring substituents is 1. The minimum Gasteiger partial charge on any atom is -0.482 e. The minimum atomic E-state index is -0.533. The Morgan fingerprint density at radius 3 is 2.85 bits per heavy atom. The van der Waals surface area contributed by atoms with Gasteiger partial charge in [0.05, 0.1) is 16.3 Å². The first kappa shape index (κ1) is 17.9. The maximum Gasteiger partial charge on any atom is 0.271 e. The minimum absolute atomic E-state index is 0.122. The number of non-ortho nitro benzene ring substituents is 1. The van der Waals surface area contributed by atoms with Crippen LogP contribution in [0.5, 0.6) is 5.75 Å². The van der Waals surface area contributed by atoms with Gasteiger partial charge < -0.3 is 10.1 Å². The summed E-state index contributed by atoms with van der Waals surface area (Å²) >= 11 is 3.33. The van der Waals surface area contributed by atoms with Gasteiger partial charge in [-0.2, -0.15) is 0 Å². The van der Waals surface area contributed by atoms with E-state index in [1.54, 1.807) is 31.2 Å². The Balaban J connectivity index is 1.80. The fraction of sp³-hybridized carbons (Fsp3) is 0.176. The Morgan fingerprint density at radius 1 is 1.35 bits per heavy atom. The average molecular weight is 420 g/mol. The van der Waals surface area contributed by atoms with E-state index in [1.165, 1.54) is 17.0 Å². The van der Waals surface area contributed by atoms with Crippen molar-refractivity contribution in [1.29, 1.82) is 0 Å². The topological polar surface area (TPSA) is 102 Å². The molecule has 0 radical (unpaired) electrons. The molecular formula is C17H14BrN3O5. The van der Waals surface area contributed by atoms with Crippen LogP contribution in [0, 0.1) is 17.0 Å². The summed E-state index contributed by atoms with van der Waals surface area (Å²) in [6, 6.07) is 9.36. The molecule has 0 saturated carbocycles. The molecule has 2 aromatic rings. The molecule has 0 fully saturated rings. The highest BCUT2D eigenvalue weighted by Crippen LogP contribution is 2.34. The second-order valence-corrected chi connectivity index (χ2v) is 6.60. The summed E-state index contributed by atoms with van der Waals surface area (Å²) < 4.78 is 6.17. The molecule has 1 N–H and O–H groups in total. The van der Waals surface area contributed by atoms with Gasteiger partial charge in [0, 0.05) is 16.6 Å². The molecule has 2 amide bonds. The second kappa shape index (κ2) is 7.12. The lowest BCUT2D eigenvalue weighted by Gasteiger charge is -2.29. The van der Waals surface area contributed by atoms with Gasteiger partial charge in [0.25, 0.3) is 11.6 Å². The van der Waals surface area contributed by atoms with Crippen LogP contribution in [0.1, 0.15) is 5.56 Å². The van der Waals surface area contributed by atoms with E-state index in [-0.39, 0.29) is 24.7 Å². The fourth-order valence-corrected chi connectivity index (χ4v) is 2.88. The Morgan fingerprint density at radius 2 is 2.12 bits per heavy atom. The van der Waals surface area contributed by atoms with Crippen molar-refractivity contribution in [3.63, 3.8) is 0 Å². The molecule has 0 atom stereocenters. The van der Waals surface area contributed by atoms with Gasteiger partial charge in [-0.1, -0.05) is 22.0 Å². The monoisotopic (exact) mass is 419 g/mol. The third-order valence-corrected chi connectivity index (χ3v) is 4.37. The average Bonchev–Trinajstić information content (AvgIpc) is 2.59. The van der Waals surface area contributed by atoms with Crippen molar-refractivity contribution in [1.82, 2.24) is 0 Å². The number of nitro groups is 1. The van der Waals surface area contributed by atoms with Crippen LogP contribution in [0.15, 0.2) is 40.9 Å². The Bertz CT molecular complexity index is 915. The Hall–Kier alpha value is -2.94. The number of anilines is 2. The van der Waals surface area contributed by atoms with E-state index in [4.69, 9.17) is 4.74 Å². The summed E-state index contributed by atoms with van der Waals surface area (Å²) in [4.78, 5) is 36.3. The lowest BCUT2D eigenvalue weighted by Crippen LogP contribution is -2.43. The molecule has 2 aromatic carbocycles. The third kappa shape index (κ3) is 3.67. The van der Waals surface area contributed by atoms with Crippen molar-refractivity contribution >= 4 is 44.8 Å². The van der Waals surface area contributed by atoms with Crippen molar-refractivity contribution in [2.75, 3.05) is 23.4 Å². The predicted molar refractivity (Wildman–Crippen MR) is 98.5 cm³/mol. The molecule has 26 heavy (non-hydrogen) atoms. The van der Waals surface area contributed by atoms with E-state index in [2.05, 4.69) is 21.2 Å². The molecule has 1 heterocycles. The molecule has 1 aliphatic rings. The molecule has 0 bridgehead atoms. The van der Waals surface area contributed by atoms with Crippen LogP contribution in [-0.4, -0.2) is 29.9 Å². The van der Waals surface area contributed by atoms with Crippen LogP contribution < -0.4 is 15.0 Å². The van der Waals surface area contributed by atoms with Gasteiger partial charge in [0.2, 0.25) is 5.91 Å². The molecule has 3 rings (SSSR count). The number of hydrogen-bond donors (Lipinski definition) is 1. The maximum atomic E-state index is 12.4. The molecular weight excluding hydrogens is 406 g/mol. The SMILES string of the molecule is Cc1ccc([N+](=O)[O-])cc1NC(=O)CN1C(=O)COc2cc(Br)ccc21. The quantitative estimate of drug-likeness (QED) is 0.605. The number of nitrogens with zero attached hydrogens (tertiary/aromatic N) is 2. The van der Waals surface area contributed by atoms with Gasteiger partial charge in [0.1, 0.15) is 12.3 Å². The molecule has 9 heteroatoms. The number of rotatable bonds is 4. The number of aryl methyl sites for hydroxylation is 1. The lowest BCUT2D eigenvalue weighted by molar-refractivity contribution is -0.384. The molecule has 0 saturated heterocycles. The number of amides is 2. The van der Waals surface area contributed by atoms with Gasteiger partial charge in [-0.05, 0) is 30.7 Å². The molecule has 0 aliphatic carbocycles. The van der Waals surface area contributed by atoms with Crippen molar-refractivity contribution in [3.8, 4) is 5.75 Å². The zero-order valence-corrected chi connectivity index (χ0v) is 15.3. The van der Waals surface area contributed by atoms with Gasteiger partial charge in [-0.25, -0.2) is 0 Å². The van der Waals surface area contributed by atoms with Crippen LogP contribution >= 0.6 is 15.9 Å². The molecule has 8 nitrogen and oxygen atoms in total. The van der Waals surface area contributed by atoms with Gasteiger partial charge >= 0.3 is 0 Å². The maximum absolute atomic E-state index is 12.4. The van der Waals surface area contributed by atoms with E-state index < -0.39 is 10.8 Å². The summed E-state index contributed by atoms with van der Waals surface area (Å²) in [6.45, 7) is 1.34. The summed E-state index contributed by atoms with van der Waals surface area (Å²) in [5, 5.41) is 13.5. The van der Waals surface area contributed by atoms with E-state index in [0.29, 0.717) is 22.7 Å². The van der Waals surface area contributed by atoms with Crippen molar-refractivity contribution in [2.45, 2.75) is 6.92 Å². The molecule has 0 spiro atoms. The first-order valence-electron chi connectivity index (χ1n) is 7.63. The zero-order valence-electron chi connectivity index (χ0n) is 13.7. The Labute approximate surface area is 157 Å². The molecule has 134 valence electrons. The van der Waals surface area contributed by atoms with E-state index in [9.17, 15) is 19.7 Å². The number of fused-ring (bicyclic) bond motifs is 1. The largest absolute Gasteiger partial charge is 0.482 e. The van der Waals surface area contributed by atoms with Crippen molar-refractivity contribution < 1.29 is 19.2 Å². The number of benzene rings is 2. The number of carbonyl (C=O) groups is 2. The van der Waals surface area contributed by atoms with Crippen LogP contribution in [0.2, 0.25) is 0 Å². The first-order valence-corrected chi connectivity index (χ1v) is 8.42. The predicted octanol–water partition coefficient (Wildman–Crippen LogP) is 3.03. The number of hydrogen-bond acceptors (Lipinski definition) is 5. The van der Waals surface area contributed by atoms with E-state index in [1.807, 2.05) is 0 Å². The summed E-state index contributed by atoms with van der Waals surface area (Å²) in [6.07, 6.45) is 0.